The molecule has 0 unspecified atom stereocenters. The first-order chi connectivity index (χ1) is 41.1. The Hall–Kier alpha value is -10.7. The van der Waals surface area contributed by atoms with Crippen LogP contribution in [0.4, 0.5) is 45.5 Å². The Labute approximate surface area is 487 Å². The van der Waals surface area contributed by atoms with Gasteiger partial charge in [-0.15, -0.1) is 0 Å². The number of nitrogens with zero attached hydrogens (tertiary/aromatic N) is 3. The van der Waals surface area contributed by atoms with Crippen LogP contribution in [0, 0.1) is 6.92 Å². The highest BCUT2D eigenvalue weighted by molar-refractivity contribution is 6.93. The molecule has 0 saturated heterocycles. The van der Waals surface area contributed by atoms with Crippen LogP contribution in [0.15, 0.2) is 322 Å². The first kappa shape index (κ1) is 49.4. The normalized spacial score (nSPS) is 12.1. The Morgan fingerprint density at radius 1 is 0.265 bits per heavy atom. The van der Waals surface area contributed by atoms with Crippen molar-refractivity contribution < 1.29 is 0 Å². The number of hydrogen-bond acceptors (Lipinski definition) is 3. The van der Waals surface area contributed by atoms with E-state index in [0.717, 1.165) is 51.1 Å². The van der Waals surface area contributed by atoms with E-state index in [1.165, 1.54) is 88.8 Å². The molecule has 3 nitrogen and oxygen atoms in total. The molecule has 13 aromatic rings. The lowest BCUT2D eigenvalue weighted by Gasteiger charge is -2.46. The second kappa shape index (κ2) is 21.1. The summed E-state index contributed by atoms with van der Waals surface area (Å²) in [5.41, 5.74) is 29.2. The highest BCUT2D eigenvalue weighted by atomic mass is 15.2. The van der Waals surface area contributed by atoms with Gasteiger partial charge in [-0.25, -0.2) is 0 Å². The summed E-state index contributed by atoms with van der Waals surface area (Å²) in [4.78, 5) is 7.59. The molecule has 0 amide bonds. The Balaban J connectivity index is 0.994. The maximum Gasteiger partial charge on any atom is 0.333 e. The quantitative estimate of drug-likeness (QED) is 0.120. The molecule has 0 fully saturated rings. The van der Waals surface area contributed by atoms with Crippen molar-refractivity contribution in [3.05, 3.63) is 327 Å². The molecule has 390 valence electrons. The van der Waals surface area contributed by atoms with E-state index in [1.54, 1.807) is 0 Å². The topological polar surface area (TPSA) is 9.72 Å². The number of hydrogen-bond donors (Lipinski definition) is 0. The van der Waals surface area contributed by atoms with Crippen molar-refractivity contribution in [1.82, 2.24) is 0 Å². The maximum atomic E-state index is 2.63. The van der Waals surface area contributed by atoms with Crippen molar-refractivity contribution in [1.29, 1.82) is 0 Å². The zero-order valence-corrected chi connectivity index (χ0v) is 46.0. The molecule has 4 heteroatoms. The zero-order chi connectivity index (χ0) is 55.2. The lowest BCUT2D eigenvalue weighted by molar-refractivity contribution is 1.26. The average Bonchev–Trinajstić information content (AvgIpc) is 1.97. The highest BCUT2D eigenvalue weighted by Crippen LogP contribution is 2.51. The highest BCUT2D eigenvalue weighted by Gasteiger charge is 2.46. The standard InChI is InChI=1S/C79H56BN3/c1-55-19-17-18-30-72(55)66-51-74-73-54-71(81(67-40-31-61(32-41-67)56-20-7-2-8-21-56)68-42-33-62(34-43-68)57-22-9-3-10-23-57)48-50-76(73)83(70-46-37-64(38-47-70)59-26-13-5-14-27-59)80-75-52-65(60-28-15-6-16-29-60)39-49-77(75)82(78(53-66)79(74)80)69-44-35-63(36-45-69)58-24-11-4-12-25-58/h2-54H,1H3. The molecular weight excluding hydrogens is 1000 g/mol. The Bertz CT molecular complexity index is 4370. The van der Waals surface area contributed by atoms with E-state index in [9.17, 15) is 0 Å². The summed E-state index contributed by atoms with van der Waals surface area (Å²) in [7, 11) is 0. The maximum absolute atomic E-state index is 2.63. The lowest BCUT2D eigenvalue weighted by Crippen LogP contribution is -2.61. The van der Waals surface area contributed by atoms with Crippen molar-refractivity contribution in [2.75, 3.05) is 14.6 Å². The summed E-state index contributed by atoms with van der Waals surface area (Å²) in [6, 6.07) is 118. The average molecular weight is 1060 g/mol. The molecule has 0 bridgehead atoms. The Morgan fingerprint density at radius 2 is 0.663 bits per heavy atom. The minimum absolute atomic E-state index is 0.211. The van der Waals surface area contributed by atoms with Gasteiger partial charge in [-0.2, -0.15) is 0 Å². The van der Waals surface area contributed by atoms with E-state index >= 15 is 0 Å². The molecule has 83 heavy (non-hydrogen) atoms. The second-order valence-electron chi connectivity index (χ2n) is 21.7. The van der Waals surface area contributed by atoms with Crippen LogP contribution in [-0.2, 0) is 0 Å². The molecule has 0 saturated carbocycles. The largest absolute Gasteiger partial charge is 0.376 e. The van der Waals surface area contributed by atoms with Gasteiger partial charge in [0.15, 0.2) is 0 Å². The van der Waals surface area contributed by atoms with Crippen molar-refractivity contribution in [2.45, 2.75) is 6.92 Å². The van der Waals surface area contributed by atoms with Crippen molar-refractivity contribution >= 4 is 63.3 Å². The number of benzene rings is 13. The van der Waals surface area contributed by atoms with E-state index in [-0.39, 0.29) is 6.85 Å². The van der Waals surface area contributed by atoms with E-state index in [2.05, 4.69) is 343 Å². The third-order valence-corrected chi connectivity index (χ3v) is 16.8. The van der Waals surface area contributed by atoms with Gasteiger partial charge >= 0.3 is 6.85 Å². The molecule has 15 rings (SSSR count). The lowest BCUT2D eigenvalue weighted by atomic mass is 9.43. The Kier molecular flexibility index (Phi) is 12.5. The smallest absolute Gasteiger partial charge is 0.333 e. The third-order valence-electron chi connectivity index (χ3n) is 16.8. The van der Waals surface area contributed by atoms with Gasteiger partial charge in [0.05, 0.1) is 0 Å². The van der Waals surface area contributed by atoms with E-state index in [1.807, 2.05) is 0 Å². The number of rotatable bonds is 11. The van der Waals surface area contributed by atoms with Gasteiger partial charge in [0.2, 0.25) is 0 Å². The minimum Gasteiger partial charge on any atom is -0.376 e. The molecule has 13 aromatic carbocycles. The predicted molar refractivity (Wildman–Crippen MR) is 352 cm³/mol. The summed E-state index contributed by atoms with van der Waals surface area (Å²) in [6.07, 6.45) is 0. The fourth-order valence-electron chi connectivity index (χ4n) is 12.7. The van der Waals surface area contributed by atoms with Crippen LogP contribution in [0.25, 0.3) is 77.9 Å². The van der Waals surface area contributed by atoms with Crippen LogP contribution in [-0.4, -0.2) is 6.85 Å². The van der Waals surface area contributed by atoms with Crippen LogP contribution in [0.1, 0.15) is 5.56 Å². The molecule has 0 aromatic heterocycles. The summed E-state index contributed by atoms with van der Waals surface area (Å²) < 4.78 is 0. The predicted octanol–water partition coefficient (Wildman–Crippen LogP) is 20.2. The SMILES string of the molecule is Cc1ccccc1-c1cc2c3c(c1)N(c1ccc(-c4ccccc4)cc1)c1ccc(-c4ccccc4)cc1B3N(c1ccc(-c3ccccc3)cc1)c1ccc(N(c3ccc(-c4ccccc4)cc3)c3ccc(-c4ccccc4)cc3)cc1-2. The molecule has 2 aliphatic rings. The van der Waals surface area contributed by atoms with Crippen LogP contribution in [0.3, 0.4) is 0 Å². The minimum atomic E-state index is -0.211. The van der Waals surface area contributed by atoms with Gasteiger partial charge in [0.25, 0.3) is 0 Å². The summed E-state index contributed by atoms with van der Waals surface area (Å²) >= 11 is 0. The fourth-order valence-corrected chi connectivity index (χ4v) is 12.7. The van der Waals surface area contributed by atoms with Crippen molar-refractivity contribution in [2.24, 2.45) is 0 Å². The molecular formula is C79H56BN3. The molecule has 0 spiro atoms. The van der Waals surface area contributed by atoms with Gasteiger partial charge < -0.3 is 14.6 Å². The van der Waals surface area contributed by atoms with Gasteiger partial charge in [0.1, 0.15) is 0 Å². The van der Waals surface area contributed by atoms with Crippen LogP contribution in [0.2, 0.25) is 0 Å². The number of anilines is 8. The second-order valence-corrected chi connectivity index (χ2v) is 21.7. The van der Waals surface area contributed by atoms with Gasteiger partial charge in [0, 0.05) is 51.1 Å². The number of fused-ring (bicyclic) bond motifs is 4. The van der Waals surface area contributed by atoms with Gasteiger partial charge in [-0.05, 0) is 181 Å². The van der Waals surface area contributed by atoms with Crippen molar-refractivity contribution in [3.63, 3.8) is 0 Å². The van der Waals surface area contributed by atoms with Crippen LogP contribution in [0.5, 0.6) is 0 Å². The van der Waals surface area contributed by atoms with Crippen LogP contribution >= 0.6 is 0 Å². The molecule has 0 N–H and O–H groups in total. The molecule has 0 radical (unpaired) electrons. The van der Waals surface area contributed by atoms with Crippen LogP contribution < -0.4 is 25.5 Å². The first-order valence-corrected chi connectivity index (χ1v) is 28.7. The summed E-state index contributed by atoms with van der Waals surface area (Å²) in [5, 5.41) is 0. The van der Waals surface area contributed by atoms with E-state index in [4.69, 9.17) is 0 Å². The Morgan fingerprint density at radius 3 is 1.16 bits per heavy atom. The molecule has 0 atom stereocenters. The van der Waals surface area contributed by atoms with E-state index in [0.29, 0.717) is 0 Å². The fraction of sp³-hybridized carbons (Fsp3) is 0.0127. The summed E-state index contributed by atoms with van der Waals surface area (Å²) in [6.45, 7) is 2.03. The third kappa shape index (κ3) is 9.08. The monoisotopic (exact) mass is 1060 g/mol. The molecule has 2 heterocycles. The molecule has 2 aliphatic heterocycles. The van der Waals surface area contributed by atoms with Gasteiger partial charge in [-0.3, -0.25) is 0 Å². The van der Waals surface area contributed by atoms with Gasteiger partial charge in [-0.1, -0.05) is 237 Å². The zero-order valence-electron chi connectivity index (χ0n) is 46.0. The first-order valence-electron chi connectivity index (χ1n) is 28.7. The summed E-state index contributed by atoms with van der Waals surface area (Å²) in [5.74, 6) is 0. The van der Waals surface area contributed by atoms with Crippen molar-refractivity contribution in [3.8, 4) is 77.9 Å². The molecule has 0 aliphatic carbocycles. The number of aryl methyl sites for hydroxylation is 1. The van der Waals surface area contributed by atoms with E-state index < -0.39 is 0 Å².